The van der Waals surface area contributed by atoms with Crippen LogP contribution in [0, 0.1) is 5.92 Å². The lowest BCUT2D eigenvalue weighted by Crippen LogP contribution is -2.57. The quantitative estimate of drug-likeness (QED) is 0.0550. The lowest BCUT2D eigenvalue weighted by molar-refractivity contribution is -0.197. The van der Waals surface area contributed by atoms with Crippen LogP contribution in [0.2, 0.25) is 0 Å². The number of carbonyl (C=O) groups is 7. The fourth-order valence-corrected chi connectivity index (χ4v) is 4.83. The van der Waals surface area contributed by atoms with Crippen molar-refractivity contribution >= 4 is 47.4 Å². The fourth-order valence-electron chi connectivity index (χ4n) is 4.83. The summed E-state index contributed by atoms with van der Waals surface area (Å²) in [6.45, 7) is 3.89. The van der Waals surface area contributed by atoms with Crippen molar-refractivity contribution in [1.29, 1.82) is 0 Å². The predicted octanol–water partition coefficient (Wildman–Crippen LogP) is 1.29. The number of unbranched alkanes of at least 4 members (excludes halogenated alkanes) is 3. The SMILES string of the molecule is CNC(=O)OCc1ccc(NC(=O)C(CCCNC(N)=O)NC(O)[C@@H](NC(=O)CCCCCCC(=O)ON2C(=O)CCC2=O)C(C)C)cc1. The number of rotatable bonds is 21. The topological polar surface area (TPSA) is 248 Å². The molecule has 2 unspecified atom stereocenters. The third-order valence-corrected chi connectivity index (χ3v) is 7.57. The van der Waals surface area contributed by atoms with Gasteiger partial charge in [-0.3, -0.25) is 24.5 Å². The molecular weight excluding hydrogens is 642 g/mol. The third-order valence-electron chi connectivity index (χ3n) is 7.57. The number of nitrogens with two attached hydrogens (primary N) is 1. The van der Waals surface area contributed by atoms with Crippen LogP contribution in [0.5, 0.6) is 0 Å². The predicted molar refractivity (Wildman–Crippen MR) is 176 cm³/mol. The van der Waals surface area contributed by atoms with Crippen LogP contribution < -0.4 is 32.3 Å². The average molecular weight is 692 g/mol. The van der Waals surface area contributed by atoms with Gasteiger partial charge in [0.25, 0.3) is 11.8 Å². The molecule has 7 amide bonds. The maximum absolute atomic E-state index is 13.3. The van der Waals surface area contributed by atoms with Crippen molar-refractivity contribution in [3.63, 3.8) is 0 Å². The van der Waals surface area contributed by atoms with Gasteiger partial charge in [0, 0.05) is 45.0 Å². The number of hydrogen-bond donors (Lipinski definition) is 7. The summed E-state index contributed by atoms with van der Waals surface area (Å²) in [5, 5.41) is 25.0. The standard InChI is InChI=1S/C32H49N7O10/c1-20(2)28(38-24(40)10-6-4-5-7-11-27(43)49-39-25(41)16-17-26(39)42)30(45)37-23(9-8-18-35-31(33)46)29(44)36-22-14-12-21(13-15-22)19-48-32(47)34-3/h12-15,20,23,28,30,37,45H,4-11,16-19H2,1-3H3,(H,34,47)(H,36,44)(H,38,40)(H3,33,35,46)/t23?,28-,30?/m0/s1. The van der Waals surface area contributed by atoms with Gasteiger partial charge in [0.1, 0.15) is 12.8 Å². The van der Waals surface area contributed by atoms with Crippen molar-refractivity contribution in [2.24, 2.45) is 11.7 Å². The van der Waals surface area contributed by atoms with E-state index >= 15 is 0 Å². The smallest absolute Gasteiger partial charge is 0.407 e. The zero-order valence-corrected chi connectivity index (χ0v) is 28.3. The van der Waals surface area contributed by atoms with E-state index in [2.05, 4.69) is 26.6 Å². The second-order valence-electron chi connectivity index (χ2n) is 11.9. The summed E-state index contributed by atoms with van der Waals surface area (Å²) in [5.74, 6) is -2.69. The van der Waals surface area contributed by atoms with Gasteiger partial charge in [0.2, 0.25) is 11.8 Å². The molecule has 1 aliphatic heterocycles. The summed E-state index contributed by atoms with van der Waals surface area (Å²) in [4.78, 5) is 88.3. The number of nitrogens with zero attached hydrogens (tertiary/aromatic N) is 1. The average Bonchev–Trinajstić information content (AvgIpc) is 3.37. The summed E-state index contributed by atoms with van der Waals surface area (Å²) in [6, 6.07) is 4.31. The van der Waals surface area contributed by atoms with Crippen molar-refractivity contribution in [1.82, 2.24) is 26.3 Å². The van der Waals surface area contributed by atoms with Gasteiger partial charge in [-0.15, -0.1) is 5.06 Å². The Morgan fingerprint density at radius 1 is 0.939 bits per heavy atom. The van der Waals surface area contributed by atoms with Crippen molar-refractivity contribution < 1.29 is 48.2 Å². The molecule has 1 saturated heterocycles. The maximum Gasteiger partial charge on any atom is 0.407 e. The van der Waals surface area contributed by atoms with Gasteiger partial charge >= 0.3 is 18.1 Å². The highest BCUT2D eigenvalue weighted by Crippen LogP contribution is 2.16. The zero-order chi connectivity index (χ0) is 36.3. The van der Waals surface area contributed by atoms with Gasteiger partial charge in [-0.1, -0.05) is 38.8 Å². The lowest BCUT2D eigenvalue weighted by Gasteiger charge is -2.31. The van der Waals surface area contributed by atoms with Gasteiger partial charge in [-0.05, 0) is 49.3 Å². The van der Waals surface area contributed by atoms with E-state index in [0.717, 1.165) is 0 Å². The van der Waals surface area contributed by atoms with Crippen LogP contribution in [0.4, 0.5) is 15.3 Å². The highest BCUT2D eigenvalue weighted by molar-refractivity contribution is 6.01. The van der Waals surface area contributed by atoms with E-state index in [9.17, 15) is 38.7 Å². The van der Waals surface area contributed by atoms with Gasteiger partial charge < -0.3 is 41.7 Å². The van der Waals surface area contributed by atoms with Crippen molar-refractivity contribution in [3.8, 4) is 0 Å². The van der Waals surface area contributed by atoms with Gasteiger partial charge in [0.15, 0.2) is 0 Å². The van der Waals surface area contributed by atoms with Gasteiger partial charge in [-0.2, -0.15) is 0 Å². The molecule has 3 atom stereocenters. The highest BCUT2D eigenvalue weighted by atomic mass is 16.7. The molecule has 0 aliphatic carbocycles. The molecule has 17 heteroatoms. The molecule has 0 bridgehead atoms. The Morgan fingerprint density at radius 3 is 2.16 bits per heavy atom. The Kier molecular flexibility index (Phi) is 17.5. The molecule has 1 aliphatic rings. The van der Waals surface area contributed by atoms with Crippen LogP contribution in [0.25, 0.3) is 0 Å². The van der Waals surface area contributed by atoms with Gasteiger partial charge in [0.05, 0.1) is 12.1 Å². The van der Waals surface area contributed by atoms with E-state index in [1.807, 2.05) is 13.8 Å². The molecular formula is C32H49N7O10. The Hall–Kier alpha value is -4.77. The molecule has 49 heavy (non-hydrogen) atoms. The number of aliphatic hydroxyl groups excluding tert-OH is 1. The second-order valence-corrected chi connectivity index (χ2v) is 11.9. The number of amides is 7. The van der Waals surface area contributed by atoms with Crippen LogP contribution in [0.1, 0.15) is 83.6 Å². The largest absolute Gasteiger partial charge is 0.445 e. The van der Waals surface area contributed by atoms with Crippen molar-refractivity contribution in [2.45, 2.75) is 103 Å². The Balaban J connectivity index is 1.86. The number of primary amides is 1. The van der Waals surface area contributed by atoms with E-state index in [0.29, 0.717) is 48.4 Å². The number of urea groups is 1. The summed E-state index contributed by atoms with van der Waals surface area (Å²) in [6.07, 6.45) is 1.21. The summed E-state index contributed by atoms with van der Waals surface area (Å²) < 4.78 is 5.01. The van der Waals surface area contributed by atoms with Crippen LogP contribution in [0.15, 0.2) is 24.3 Å². The first-order valence-electron chi connectivity index (χ1n) is 16.4. The molecule has 0 spiro atoms. The molecule has 0 radical (unpaired) electrons. The van der Waals surface area contributed by atoms with E-state index in [-0.39, 0.29) is 57.1 Å². The molecule has 272 valence electrons. The normalized spacial score (nSPS) is 14.5. The molecule has 2 rings (SSSR count). The van der Waals surface area contributed by atoms with E-state index in [1.165, 1.54) is 7.05 Å². The van der Waals surface area contributed by atoms with Gasteiger partial charge in [-0.25, -0.2) is 14.4 Å². The van der Waals surface area contributed by atoms with E-state index in [1.54, 1.807) is 24.3 Å². The van der Waals surface area contributed by atoms with E-state index in [4.69, 9.17) is 15.3 Å². The lowest BCUT2D eigenvalue weighted by atomic mass is 10.0. The number of alkyl carbamates (subject to hydrolysis) is 1. The highest BCUT2D eigenvalue weighted by Gasteiger charge is 2.33. The number of benzene rings is 1. The fraction of sp³-hybridized carbons (Fsp3) is 0.594. The van der Waals surface area contributed by atoms with Crippen LogP contribution in [-0.4, -0.2) is 83.8 Å². The monoisotopic (exact) mass is 691 g/mol. The number of aliphatic hydroxyl groups is 1. The molecule has 1 fully saturated rings. The summed E-state index contributed by atoms with van der Waals surface area (Å²) in [7, 11) is 1.45. The van der Waals surface area contributed by atoms with Crippen molar-refractivity contribution in [3.05, 3.63) is 29.8 Å². The number of carbonyl (C=O) groups excluding carboxylic acids is 7. The first-order chi connectivity index (χ1) is 23.3. The summed E-state index contributed by atoms with van der Waals surface area (Å²) >= 11 is 0. The van der Waals surface area contributed by atoms with Crippen LogP contribution in [-0.2, 0) is 40.2 Å². The number of nitrogens with one attached hydrogen (secondary N) is 5. The second kappa shape index (κ2) is 21.3. The first-order valence-corrected chi connectivity index (χ1v) is 16.4. The zero-order valence-electron chi connectivity index (χ0n) is 28.3. The Bertz CT molecular complexity index is 1280. The molecule has 0 aromatic heterocycles. The molecule has 8 N–H and O–H groups in total. The van der Waals surface area contributed by atoms with Crippen LogP contribution >= 0.6 is 0 Å². The number of imide groups is 1. The summed E-state index contributed by atoms with van der Waals surface area (Å²) in [5.41, 5.74) is 6.31. The maximum atomic E-state index is 13.3. The third kappa shape index (κ3) is 15.3. The molecule has 1 aromatic rings. The Labute approximate surface area is 285 Å². The number of hydroxylamine groups is 2. The molecule has 1 aromatic carbocycles. The number of hydrogen-bond acceptors (Lipinski definition) is 11. The van der Waals surface area contributed by atoms with Crippen LogP contribution in [0.3, 0.4) is 0 Å². The Morgan fingerprint density at radius 2 is 1.57 bits per heavy atom. The minimum atomic E-state index is -1.30. The number of ether oxygens (including phenoxy) is 1. The molecule has 1 heterocycles. The molecule has 17 nitrogen and oxygen atoms in total. The minimum absolute atomic E-state index is 0.0285. The number of anilines is 1. The minimum Gasteiger partial charge on any atom is -0.445 e. The first kappa shape index (κ1) is 40.4. The van der Waals surface area contributed by atoms with Crippen molar-refractivity contribution in [2.75, 3.05) is 18.9 Å². The van der Waals surface area contributed by atoms with E-state index < -0.39 is 54.1 Å². The molecule has 0 saturated carbocycles.